The molecule has 0 radical (unpaired) electrons. The second kappa shape index (κ2) is 3.97. The molecular weight excluding hydrogens is 240 g/mol. The van der Waals surface area contributed by atoms with Crippen molar-refractivity contribution in [1.82, 2.24) is 0 Å². The van der Waals surface area contributed by atoms with Gasteiger partial charge in [0, 0.05) is 0 Å². The van der Waals surface area contributed by atoms with Crippen molar-refractivity contribution < 1.29 is 0 Å². The maximum atomic E-state index is 2.44. The molecule has 0 spiro atoms. The Kier molecular flexibility index (Phi) is 2.21. The summed E-state index contributed by atoms with van der Waals surface area (Å²) in [5.41, 5.74) is 9.83. The Balaban J connectivity index is 1.84. The van der Waals surface area contributed by atoms with Crippen LogP contribution in [0.15, 0.2) is 36.4 Å². The van der Waals surface area contributed by atoms with E-state index in [9.17, 15) is 0 Å². The fraction of sp³-hybridized carbons (Fsp3) is 0.400. The van der Waals surface area contributed by atoms with Crippen LogP contribution < -0.4 is 0 Å². The van der Waals surface area contributed by atoms with E-state index in [2.05, 4.69) is 36.4 Å². The Morgan fingerprint density at radius 2 is 1.60 bits per heavy atom. The van der Waals surface area contributed by atoms with Crippen LogP contribution in [0.3, 0.4) is 0 Å². The van der Waals surface area contributed by atoms with Gasteiger partial charge in [-0.25, -0.2) is 0 Å². The molecule has 0 aliphatic heterocycles. The first kappa shape index (κ1) is 11.1. The Hall–Kier alpha value is -1.56. The summed E-state index contributed by atoms with van der Waals surface area (Å²) in [7, 11) is 0. The Morgan fingerprint density at radius 3 is 2.60 bits per heavy atom. The molecule has 0 bridgehead atoms. The highest BCUT2D eigenvalue weighted by atomic mass is 14.4. The SMILES string of the molecule is c1ccc2c(c1)CC1CCC3CCCc4ccc-2c1c43. The minimum absolute atomic E-state index is 0.796. The number of benzene rings is 2. The molecule has 2 aromatic carbocycles. The average molecular weight is 260 g/mol. The zero-order chi connectivity index (χ0) is 13.1. The van der Waals surface area contributed by atoms with Gasteiger partial charge in [0.1, 0.15) is 0 Å². The second-order valence-electron chi connectivity index (χ2n) is 6.82. The van der Waals surface area contributed by atoms with E-state index < -0.39 is 0 Å². The Morgan fingerprint density at radius 1 is 0.700 bits per heavy atom. The molecule has 0 fully saturated rings. The van der Waals surface area contributed by atoms with Gasteiger partial charge in [-0.3, -0.25) is 0 Å². The number of fused-ring (bicyclic) bond motifs is 2. The molecule has 0 heteroatoms. The summed E-state index contributed by atoms with van der Waals surface area (Å²) in [6.07, 6.45) is 8.24. The summed E-state index contributed by atoms with van der Waals surface area (Å²) in [4.78, 5) is 0. The van der Waals surface area contributed by atoms with Gasteiger partial charge in [0.05, 0.1) is 0 Å². The van der Waals surface area contributed by atoms with E-state index in [1.54, 1.807) is 27.8 Å². The molecule has 0 nitrogen and oxygen atoms in total. The van der Waals surface area contributed by atoms with Gasteiger partial charge in [0.2, 0.25) is 0 Å². The highest BCUT2D eigenvalue weighted by Gasteiger charge is 2.35. The van der Waals surface area contributed by atoms with Gasteiger partial charge in [-0.15, -0.1) is 0 Å². The lowest BCUT2D eigenvalue weighted by Gasteiger charge is -2.40. The monoisotopic (exact) mass is 260 g/mol. The van der Waals surface area contributed by atoms with Crippen molar-refractivity contribution in [3.8, 4) is 11.1 Å². The van der Waals surface area contributed by atoms with Crippen LogP contribution in [0.2, 0.25) is 0 Å². The van der Waals surface area contributed by atoms with Crippen molar-refractivity contribution in [3.05, 3.63) is 58.7 Å². The van der Waals surface area contributed by atoms with Crippen LogP contribution in [-0.4, -0.2) is 0 Å². The molecule has 0 saturated heterocycles. The molecule has 0 heterocycles. The number of hydrogen-bond donors (Lipinski definition) is 0. The molecule has 0 amide bonds. The maximum absolute atomic E-state index is 2.44. The third-order valence-electron chi connectivity index (χ3n) is 5.83. The molecule has 5 rings (SSSR count). The molecule has 2 aromatic rings. The third kappa shape index (κ3) is 1.37. The molecule has 20 heavy (non-hydrogen) atoms. The first-order valence-electron chi connectivity index (χ1n) is 8.16. The molecular formula is C20H20. The minimum Gasteiger partial charge on any atom is -0.0620 e. The second-order valence-corrected chi connectivity index (χ2v) is 6.82. The van der Waals surface area contributed by atoms with Gasteiger partial charge >= 0.3 is 0 Å². The maximum Gasteiger partial charge on any atom is -0.0112 e. The number of aryl methyl sites for hydroxylation is 1. The molecule has 0 aromatic heterocycles. The highest BCUT2D eigenvalue weighted by Crippen LogP contribution is 2.52. The van der Waals surface area contributed by atoms with Crippen LogP contribution >= 0.6 is 0 Å². The van der Waals surface area contributed by atoms with E-state index in [0.717, 1.165) is 11.8 Å². The Bertz CT molecular complexity index is 695. The van der Waals surface area contributed by atoms with Crippen LogP contribution in [-0.2, 0) is 12.8 Å². The lowest BCUT2D eigenvalue weighted by Crippen LogP contribution is -2.24. The molecule has 0 saturated carbocycles. The minimum atomic E-state index is 0.796. The van der Waals surface area contributed by atoms with Crippen molar-refractivity contribution in [3.63, 3.8) is 0 Å². The summed E-state index contributed by atoms with van der Waals surface area (Å²) in [6, 6.07) is 13.9. The largest absolute Gasteiger partial charge is 0.0620 e. The molecule has 100 valence electrons. The summed E-state index contributed by atoms with van der Waals surface area (Å²) >= 11 is 0. The molecule has 0 N–H and O–H groups in total. The lowest BCUT2D eigenvalue weighted by molar-refractivity contribution is 0.430. The highest BCUT2D eigenvalue weighted by molar-refractivity contribution is 5.76. The van der Waals surface area contributed by atoms with Crippen molar-refractivity contribution in [2.75, 3.05) is 0 Å². The van der Waals surface area contributed by atoms with Crippen molar-refractivity contribution >= 4 is 0 Å². The van der Waals surface area contributed by atoms with Gasteiger partial charge in [0.15, 0.2) is 0 Å². The average Bonchev–Trinajstić information content (AvgIpc) is 2.52. The zero-order valence-corrected chi connectivity index (χ0v) is 11.9. The first-order chi connectivity index (χ1) is 9.92. The lowest BCUT2D eigenvalue weighted by atomic mass is 9.64. The quantitative estimate of drug-likeness (QED) is 0.610. The van der Waals surface area contributed by atoms with Crippen LogP contribution in [0, 0.1) is 0 Å². The van der Waals surface area contributed by atoms with Crippen LogP contribution in [0.5, 0.6) is 0 Å². The smallest absolute Gasteiger partial charge is 0.0112 e. The Labute approximate surface area is 120 Å². The van der Waals surface area contributed by atoms with Crippen molar-refractivity contribution in [1.29, 1.82) is 0 Å². The van der Waals surface area contributed by atoms with Gasteiger partial charge < -0.3 is 0 Å². The van der Waals surface area contributed by atoms with Crippen molar-refractivity contribution in [2.45, 2.75) is 50.4 Å². The van der Waals surface area contributed by atoms with Gasteiger partial charge in [-0.1, -0.05) is 36.4 Å². The third-order valence-corrected chi connectivity index (χ3v) is 5.83. The normalized spacial score (nSPS) is 25.8. The fourth-order valence-electron chi connectivity index (χ4n) is 5.01. The molecule has 3 aliphatic rings. The van der Waals surface area contributed by atoms with E-state index in [1.807, 2.05) is 0 Å². The van der Waals surface area contributed by atoms with E-state index in [0.29, 0.717) is 0 Å². The number of hydrogen-bond acceptors (Lipinski definition) is 0. The standard InChI is InChI=1S/C20H20/c1-2-7-17-15(4-1)12-16-9-8-13-5-3-6-14-10-11-18(17)20(16)19(13)14/h1-2,4,7,10-11,13,16H,3,5-6,8-9,12H2. The van der Waals surface area contributed by atoms with Gasteiger partial charge in [-0.2, -0.15) is 0 Å². The van der Waals surface area contributed by atoms with Crippen LogP contribution in [0.4, 0.5) is 0 Å². The summed E-state index contributed by atoms with van der Waals surface area (Å²) in [5.74, 6) is 1.67. The summed E-state index contributed by atoms with van der Waals surface area (Å²) in [6.45, 7) is 0. The molecule has 2 unspecified atom stereocenters. The zero-order valence-electron chi connectivity index (χ0n) is 11.9. The first-order valence-corrected chi connectivity index (χ1v) is 8.16. The molecule has 3 aliphatic carbocycles. The van der Waals surface area contributed by atoms with Crippen LogP contribution in [0.25, 0.3) is 11.1 Å². The molecule has 2 atom stereocenters. The predicted molar refractivity (Wildman–Crippen MR) is 83.2 cm³/mol. The van der Waals surface area contributed by atoms with Gasteiger partial charge in [-0.05, 0) is 83.7 Å². The van der Waals surface area contributed by atoms with E-state index in [4.69, 9.17) is 0 Å². The summed E-state index contributed by atoms with van der Waals surface area (Å²) in [5, 5.41) is 0. The van der Waals surface area contributed by atoms with E-state index in [1.165, 1.54) is 44.1 Å². The van der Waals surface area contributed by atoms with E-state index in [-0.39, 0.29) is 0 Å². The summed E-state index contributed by atoms with van der Waals surface area (Å²) < 4.78 is 0. The fourth-order valence-corrected chi connectivity index (χ4v) is 5.01. The van der Waals surface area contributed by atoms with Crippen LogP contribution in [0.1, 0.15) is 59.8 Å². The van der Waals surface area contributed by atoms with Gasteiger partial charge in [0.25, 0.3) is 0 Å². The van der Waals surface area contributed by atoms with Crippen molar-refractivity contribution in [2.24, 2.45) is 0 Å². The predicted octanol–water partition coefficient (Wildman–Crippen LogP) is 5.21. The topological polar surface area (TPSA) is 0 Å². The van der Waals surface area contributed by atoms with E-state index >= 15 is 0 Å². The number of rotatable bonds is 0.